The minimum atomic E-state index is 0.177. The van der Waals surface area contributed by atoms with E-state index in [1.54, 1.807) is 0 Å². The van der Waals surface area contributed by atoms with Gasteiger partial charge >= 0.3 is 6.01 Å². The van der Waals surface area contributed by atoms with Crippen molar-refractivity contribution in [3.63, 3.8) is 0 Å². The minimum absolute atomic E-state index is 0.177. The summed E-state index contributed by atoms with van der Waals surface area (Å²) in [5.41, 5.74) is 5.26. The van der Waals surface area contributed by atoms with Crippen molar-refractivity contribution < 1.29 is 4.42 Å². The van der Waals surface area contributed by atoms with E-state index in [1.807, 2.05) is 0 Å². The molecule has 11 heavy (non-hydrogen) atoms. The van der Waals surface area contributed by atoms with Crippen LogP contribution in [0.4, 0.5) is 6.01 Å². The zero-order valence-electron chi connectivity index (χ0n) is 6.29. The number of aryl methyl sites for hydroxylation is 1. The summed E-state index contributed by atoms with van der Waals surface area (Å²) < 4.78 is 5.02. The Kier molecular flexibility index (Phi) is 1.52. The van der Waals surface area contributed by atoms with Crippen LogP contribution < -0.4 is 5.73 Å². The summed E-state index contributed by atoms with van der Waals surface area (Å²) in [6.07, 6.45) is 4.78. The summed E-state index contributed by atoms with van der Waals surface area (Å²) >= 11 is 0. The van der Waals surface area contributed by atoms with Crippen molar-refractivity contribution in [3.05, 3.63) is 5.89 Å². The van der Waals surface area contributed by atoms with Crippen molar-refractivity contribution in [2.45, 2.75) is 25.7 Å². The van der Waals surface area contributed by atoms with Crippen LogP contribution in [0, 0.1) is 5.92 Å². The van der Waals surface area contributed by atoms with Gasteiger partial charge in [-0.15, -0.1) is 5.10 Å². The standard InChI is InChI=1S/C7H11N3O/c8-7-10-9-6(11-7)4-3-5-1-2-5/h5H,1-4H2,(H2,8,10). The normalized spacial score (nSPS) is 17.1. The maximum absolute atomic E-state index is 5.26. The number of hydrogen-bond acceptors (Lipinski definition) is 4. The number of hydrogen-bond donors (Lipinski definition) is 1. The Morgan fingerprint density at radius 2 is 2.27 bits per heavy atom. The summed E-state index contributed by atoms with van der Waals surface area (Å²) in [5.74, 6) is 1.58. The molecule has 1 fully saturated rings. The Labute approximate surface area is 64.8 Å². The second-order valence-electron chi connectivity index (χ2n) is 3.02. The first-order chi connectivity index (χ1) is 5.34. The largest absolute Gasteiger partial charge is 0.408 e. The lowest BCUT2D eigenvalue weighted by Crippen LogP contribution is -1.86. The molecular formula is C7H11N3O. The molecule has 0 aliphatic heterocycles. The molecule has 1 aliphatic rings. The van der Waals surface area contributed by atoms with Crippen molar-refractivity contribution in [2.24, 2.45) is 5.92 Å². The average molecular weight is 153 g/mol. The van der Waals surface area contributed by atoms with Gasteiger partial charge in [0.25, 0.3) is 0 Å². The van der Waals surface area contributed by atoms with Crippen LogP contribution in [-0.4, -0.2) is 10.2 Å². The zero-order chi connectivity index (χ0) is 7.68. The quantitative estimate of drug-likeness (QED) is 0.703. The molecule has 1 heterocycles. The highest BCUT2D eigenvalue weighted by atomic mass is 16.4. The molecule has 0 atom stereocenters. The molecule has 0 radical (unpaired) electrons. The summed E-state index contributed by atoms with van der Waals surface area (Å²) in [6, 6.07) is 0.177. The summed E-state index contributed by atoms with van der Waals surface area (Å²) in [6.45, 7) is 0. The van der Waals surface area contributed by atoms with Gasteiger partial charge in [-0.2, -0.15) is 0 Å². The molecule has 2 N–H and O–H groups in total. The number of rotatable bonds is 3. The Morgan fingerprint density at radius 1 is 1.45 bits per heavy atom. The van der Waals surface area contributed by atoms with Gasteiger partial charge in [0.1, 0.15) is 0 Å². The van der Waals surface area contributed by atoms with Crippen LogP contribution in [0.2, 0.25) is 0 Å². The van der Waals surface area contributed by atoms with Gasteiger partial charge < -0.3 is 10.2 Å². The molecule has 4 nitrogen and oxygen atoms in total. The smallest absolute Gasteiger partial charge is 0.312 e. The van der Waals surface area contributed by atoms with Crippen LogP contribution in [0.25, 0.3) is 0 Å². The Hall–Kier alpha value is -1.06. The molecule has 1 saturated carbocycles. The average Bonchev–Trinajstić information content (AvgIpc) is 2.72. The summed E-state index contributed by atoms with van der Waals surface area (Å²) in [7, 11) is 0. The monoisotopic (exact) mass is 153 g/mol. The lowest BCUT2D eigenvalue weighted by Gasteiger charge is -1.89. The van der Waals surface area contributed by atoms with Crippen LogP contribution in [0.15, 0.2) is 4.42 Å². The fraction of sp³-hybridized carbons (Fsp3) is 0.714. The van der Waals surface area contributed by atoms with Gasteiger partial charge in [0.15, 0.2) is 0 Å². The number of nitrogens with two attached hydrogens (primary N) is 1. The first kappa shape index (κ1) is 6.64. The Balaban J connectivity index is 1.85. The van der Waals surface area contributed by atoms with E-state index in [1.165, 1.54) is 19.3 Å². The van der Waals surface area contributed by atoms with Crippen molar-refractivity contribution in [3.8, 4) is 0 Å². The van der Waals surface area contributed by atoms with Crippen molar-refractivity contribution in [1.82, 2.24) is 10.2 Å². The molecule has 1 aromatic heterocycles. The molecule has 2 rings (SSSR count). The van der Waals surface area contributed by atoms with E-state index in [2.05, 4.69) is 10.2 Å². The molecule has 0 bridgehead atoms. The first-order valence-corrected chi connectivity index (χ1v) is 3.92. The number of nitrogen functional groups attached to an aromatic ring is 1. The van der Waals surface area contributed by atoms with Crippen LogP contribution >= 0.6 is 0 Å². The molecule has 60 valence electrons. The zero-order valence-corrected chi connectivity index (χ0v) is 6.29. The molecule has 1 aliphatic carbocycles. The van der Waals surface area contributed by atoms with E-state index in [4.69, 9.17) is 10.2 Å². The molecule has 4 heteroatoms. The Bertz CT molecular complexity index is 242. The predicted octanol–water partition coefficient (Wildman–Crippen LogP) is 0.994. The SMILES string of the molecule is Nc1nnc(CCC2CC2)o1. The molecule has 0 amide bonds. The predicted molar refractivity (Wildman–Crippen MR) is 39.8 cm³/mol. The van der Waals surface area contributed by atoms with Gasteiger partial charge in [-0.25, -0.2) is 0 Å². The van der Waals surface area contributed by atoms with Crippen molar-refractivity contribution in [2.75, 3.05) is 5.73 Å². The third-order valence-electron chi connectivity index (χ3n) is 1.95. The maximum Gasteiger partial charge on any atom is 0.312 e. The van der Waals surface area contributed by atoms with Gasteiger partial charge in [-0.3, -0.25) is 0 Å². The molecule has 0 saturated heterocycles. The lowest BCUT2D eigenvalue weighted by atomic mass is 10.2. The topological polar surface area (TPSA) is 64.9 Å². The fourth-order valence-electron chi connectivity index (χ4n) is 1.10. The van der Waals surface area contributed by atoms with Gasteiger partial charge in [0, 0.05) is 6.42 Å². The van der Waals surface area contributed by atoms with Crippen molar-refractivity contribution >= 4 is 6.01 Å². The molecular weight excluding hydrogens is 142 g/mol. The lowest BCUT2D eigenvalue weighted by molar-refractivity contribution is 0.493. The minimum Gasteiger partial charge on any atom is -0.408 e. The summed E-state index contributed by atoms with van der Waals surface area (Å²) in [5, 5.41) is 7.35. The van der Waals surface area contributed by atoms with Crippen LogP contribution in [0.5, 0.6) is 0 Å². The second kappa shape index (κ2) is 2.53. The maximum atomic E-state index is 5.26. The van der Waals surface area contributed by atoms with E-state index >= 15 is 0 Å². The van der Waals surface area contributed by atoms with E-state index in [-0.39, 0.29) is 6.01 Å². The van der Waals surface area contributed by atoms with Crippen LogP contribution in [0.1, 0.15) is 25.2 Å². The van der Waals surface area contributed by atoms with E-state index in [0.717, 1.165) is 12.3 Å². The first-order valence-electron chi connectivity index (χ1n) is 3.92. The third kappa shape index (κ3) is 1.69. The molecule has 1 aromatic rings. The number of aromatic nitrogens is 2. The van der Waals surface area contributed by atoms with Crippen LogP contribution in [-0.2, 0) is 6.42 Å². The number of nitrogens with zero attached hydrogens (tertiary/aromatic N) is 2. The van der Waals surface area contributed by atoms with Gasteiger partial charge in [-0.1, -0.05) is 17.9 Å². The Morgan fingerprint density at radius 3 is 2.82 bits per heavy atom. The van der Waals surface area contributed by atoms with Gasteiger partial charge in [0.05, 0.1) is 0 Å². The van der Waals surface area contributed by atoms with Gasteiger partial charge in [0.2, 0.25) is 5.89 Å². The fourth-order valence-corrected chi connectivity index (χ4v) is 1.10. The van der Waals surface area contributed by atoms with Gasteiger partial charge in [-0.05, 0) is 12.3 Å². The highest BCUT2D eigenvalue weighted by Gasteiger charge is 2.21. The van der Waals surface area contributed by atoms with E-state index < -0.39 is 0 Å². The van der Waals surface area contributed by atoms with E-state index in [0.29, 0.717) is 5.89 Å². The molecule has 0 aromatic carbocycles. The highest BCUT2D eigenvalue weighted by Crippen LogP contribution is 2.33. The van der Waals surface area contributed by atoms with E-state index in [9.17, 15) is 0 Å². The number of anilines is 1. The van der Waals surface area contributed by atoms with Crippen molar-refractivity contribution in [1.29, 1.82) is 0 Å². The third-order valence-corrected chi connectivity index (χ3v) is 1.95. The molecule has 0 spiro atoms. The highest BCUT2D eigenvalue weighted by molar-refractivity contribution is 5.04. The second-order valence-corrected chi connectivity index (χ2v) is 3.02. The molecule has 0 unspecified atom stereocenters. The summed E-state index contributed by atoms with van der Waals surface area (Å²) in [4.78, 5) is 0. The van der Waals surface area contributed by atoms with Crippen LogP contribution in [0.3, 0.4) is 0 Å².